The summed E-state index contributed by atoms with van der Waals surface area (Å²) in [6.45, 7) is -3.02. The zero-order chi connectivity index (χ0) is 18.9. The van der Waals surface area contributed by atoms with Crippen LogP contribution in [0.25, 0.3) is 11.0 Å². The number of rotatable bonds is 5. The first-order chi connectivity index (χ1) is 13.1. The number of fused-ring (bicyclic) bond motifs is 1. The van der Waals surface area contributed by atoms with Crippen LogP contribution >= 0.6 is 0 Å². The maximum absolute atomic E-state index is 13.5. The molecule has 4 rings (SSSR count). The molecule has 140 valence electrons. The SMILES string of the molecule is O=C(OCc1nc2ccccc2n1C(F)F)C1(c2ccccc2)CCCC1. The molecule has 6 heteroatoms. The third kappa shape index (κ3) is 3.09. The number of esters is 1. The molecule has 4 nitrogen and oxygen atoms in total. The average Bonchev–Trinajstić information content (AvgIpc) is 3.32. The van der Waals surface area contributed by atoms with Gasteiger partial charge in [-0.2, -0.15) is 8.78 Å². The van der Waals surface area contributed by atoms with Gasteiger partial charge in [-0.15, -0.1) is 0 Å². The van der Waals surface area contributed by atoms with Crippen LogP contribution in [0.4, 0.5) is 8.78 Å². The second-order valence-corrected chi connectivity index (χ2v) is 6.90. The van der Waals surface area contributed by atoms with Gasteiger partial charge < -0.3 is 4.74 Å². The third-order valence-electron chi connectivity index (χ3n) is 5.37. The first kappa shape index (κ1) is 17.6. The number of hydrogen-bond acceptors (Lipinski definition) is 3. The summed E-state index contributed by atoms with van der Waals surface area (Å²) in [7, 11) is 0. The van der Waals surface area contributed by atoms with Gasteiger partial charge >= 0.3 is 12.5 Å². The van der Waals surface area contributed by atoms with Crippen LogP contribution in [0.15, 0.2) is 54.6 Å². The van der Waals surface area contributed by atoms with Crippen LogP contribution in [-0.2, 0) is 21.6 Å². The normalized spacial score (nSPS) is 16.1. The smallest absolute Gasteiger partial charge is 0.320 e. The van der Waals surface area contributed by atoms with Crippen molar-refractivity contribution in [2.45, 2.75) is 44.3 Å². The summed E-state index contributed by atoms with van der Waals surface area (Å²) in [5.41, 5.74) is 1.03. The van der Waals surface area contributed by atoms with E-state index in [1.165, 1.54) is 0 Å². The predicted octanol–water partition coefficient (Wildman–Crippen LogP) is 4.99. The molecular formula is C21H20F2N2O2. The van der Waals surface area contributed by atoms with Gasteiger partial charge in [0.25, 0.3) is 0 Å². The van der Waals surface area contributed by atoms with Crippen molar-refractivity contribution in [3.05, 3.63) is 66.0 Å². The number of alkyl halides is 2. The Balaban J connectivity index is 1.61. The molecule has 0 spiro atoms. The van der Waals surface area contributed by atoms with Gasteiger partial charge in [-0.05, 0) is 30.5 Å². The Morgan fingerprint density at radius 2 is 1.74 bits per heavy atom. The molecule has 0 aliphatic heterocycles. The van der Waals surface area contributed by atoms with Crippen molar-refractivity contribution >= 4 is 17.0 Å². The number of halogens is 2. The van der Waals surface area contributed by atoms with Crippen molar-refractivity contribution in [1.29, 1.82) is 0 Å². The monoisotopic (exact) mass is 370 g/mol. The van der Waals surface area contributed by atoms with Crippen LogP contribution in [0, 0.1) is 0 Å². The number of carbonyl (C=O) groups is 1. The molecule has 0 amide bonds. The van der Waals surface area contributed by atoms with Crippen LogP contribution in [0.2, 0.25) is 0 Å². The maximum Gasteiger partial charge on any atom is 0.320 e. The molecule has 1 aromatic heterocycles. The lowest BCUT2D eigenvalue weighted by molar-refractivity contribution is -0.152. The molecule has 1 fully saturated rings. The van der Waals surface area contributed by atoms with Gasteiger partial charge in [0.2, 0.25) is 0 Å². The Hall–Kier alpha value is -2.76. The number of hydrogen-bond donors (Lipinski definition) is 0. The summed E-state index contributed by atoms with van der Waals surface area (Å²) in [5, 5.41) is 0. The zero-order valence-electron chi connectivity index (χ0n) is 14.8. The molecule has 0 atom stereocenters. The van der Waals surface area contributed by atoms with Gasteiger partial charge in [0, 0.05) is 0 Å². The molecule has 2 aromatic carbocycles. The van der Waals surface area contributed by atoms with Crippen molar-refractivity contribution in [3.8, 4) is 0 Å². The highest BCUT2D eigenvalue weighted by Crippen LogP contribution is 2.42. The highest BCUT2D eigenvalue weighted by Gasteiger charge is 2.44. The number of benzene rings is 2. The fourth-order valence-corrected chi connectivity index (χ4v) is 4.03. The molecule has 0 radical (unpaired) electrons. The quantitative estimate of drug-likeness (QED) is 0.595. The standard InChI is InChI=1S/C21H20F2N2O2/c22-20(23)25-17-11-5-4-10-16(17)24-18(25)14-27-19(26)21(12-6-7-13-21)15-8-2-1-3-9-15/h1-5,8-11,20H,6-7,12-14H2. The molecule has 3 aromatic rings. The zero-order valence-corrected chi connectivity index (χ0v) is 14.8. The van der Waals surface area contributed by atoms with E-state index in [2.05, 4.69) is 4.98 Å². The topological polar surface area (TPSA) is 44.1 Å². The van der Waals surface area contributed by atoms with Crippen molar-refractivity contribution < 1.29 is 18.3 Å². The minimum Gasteiger partial charge on any atom is -0.457 e. The van der Waals surface area contributed by atoms with Gasteiger partial charge in [-0.1, -0.05) is 55.3 Å². The van der Waals surface area contributed by atoms with Gasteiger partial charge in [0.15, 0.2) is 5.82 Å². The molecule has 0 bridgehead atoms. The largest absolute Gasteiger partial charge is 0.457 e. The fourth-order valence-electron chi connectivity index (χ4n) is 4.03. The number of carbonyl (C=O) groups excluding carboxylic acids is 1. The van der Waals surface area contributed by atoms with Crippen LogP contribution in [-0.4, -0.2) is 15.5 Å². The van der Waals surface area contributed by atoms with Crippen LogP contribution < -0.4 is 0 Å². The fraction of sp³-hybridized carbons (Fsp3) is 0.333. The number of aromatic nitrogens is 2. The first-order valence-corrected chi connectivity index (χ1v) is 9.08. The Morgan fingerprint density at radius 3 is 2.44 bits per heavy atom. The molecule has 0 N–H and O–H groups in total. The third-order valence-corrected chi connectivity index (χ3v) is 5.37. The highest BCUT2D eigenvalue weighted by molar-refractivity contribution is 5.83. The average molecular weight is 370 g/mol. The first-order valence-electron chi connectivity index (χ1n) is 9.08. The molecule has 1 heterocycles. The summed E-state index contributed by atoms with van der Waals surface area (Å²) >= 11 is 0. The Morgan fingerprint density at radius 1 is 1.07 bits per heavy atom. The minimum absolute atomic E-state index is 0.0563. The summed E-state index contributed by atoms with van der Waals surface area (Å²) in [4.78, 5) is 17.2. The van der Waals surface area contributed by atoms with E-state index in [-0.39, 0.29) is 18.4 Å². The predicted molar refractivity (Wildman–Crippen MR) is 97.4 cm³/mol. The Kier molecular flexibility index (Phi) is 4.64. The lowest BCUT2D eigenvalue weighted by Gasteiger charge is -2.27. The maximum atomic E-state index is 13.5. The highest BCUT2D eigenvalue weighted by atomic mass is 19.3. The van der Waals surface area contributed by atoms with Crippen molar-refractivity contribution in [2.24, 2.45) is 0 Å². The Bertz CT molecular complexity index is 947. The molecule has 0 saturated heterocycles. The van der Waals surface area contributed by atoms with Gasteiger partial charge in [0.05, 0.1) is 16.4 Å². The van der Waals surface area contributed by atoms with Gasteiger partial charge in [-0.25, -0.2) is 4.98 Å². The summed E-state index contributed by atoms with van der Waals surface area (Å²) < 4.78 is 33.4. The van der Waals surface area contributed by atoms with Gasteiger partial charge in [-0.3, -0.25) is 9.36 Å². The van der Waals surface area contributed by atoms with Crippen LogP contribution in [0.5, 0.6) is 0 Å². The minimum atomic E-state index is -2.75. The molecule has 0 unspecified atom stereocenters. The van der Waals surface area contributed by atoms with E-state index in [0.29, 0.717) is 23.9 Å². The molecule has 27 heavy (non-hydrogen) atoms. The number of imidazole rings is 1. The number of nitrogens with zero attached hydrogens (tertiary/aromatic N) is 2. The van der Waals surface area contributed by atoms with E-state index in [0.717, 1.165) is 23.0 Å². The van der Waals surface area contributed by atoms with E-state index in [4.69, 9.17) is 4.74 Å². The second-order valence-electron chi connectivity index (χ2n) is 6.90. The number of para-hydroxylation sites is 2. The lowest BCUT2D eigenvalue weighted by Crippen LogP contribution is -2.34. The van der Waals surface area contributed by atoms with E-state index in [1.54, 1.807) is 24.3 Å². The van der Waals surface area contributed by atoms with Crippen molar-refractivity contribution in [3.63, 3.8) is 0 Å². The van der Waals surface area contributed by atoms with E-state index < -0.39 is 12.0 Å². The second kappa shape index (κ2) is 7.10. The number of ether oxygens (including phenoxy) is 1. The van der Waals surface area contributed by atoms with E-state index >= 15 is 0 Å². The molecule has 1 aliphatic rings. The van der Waals surface area contributed by atoms with E-state index in [1.807, 2.05) is 30.3 Å². The Labute approximate surface area is 155 Å². The van der Waals surface area contributed by atoms with Crippen molar-refractivity contribution in [1.82, 2.24) is 9.55 Å². The summed E-state index contributed by atoms with van der Waals surface area (Å²) in [6, 6.07) is 16.2. The lowest BCUT2D eigenvalue weighted by atomic mass is 9.79. The van der Waals surface area contributed by atoms with E-state index in [9.17, 15) is 13.6 Å². The molecular weight excluding hydrogens is 350 g/mol. The van der Waals surface area contributed by atoms with Crippen LogP contribution in [0.1, 0.15) is 43.6 Å². The molecule has 1 saturated carbocycles. The van der Waals surface area contributed by atoms with Crippen molar-refractivity contribution in [2.75, 3.05) is 0 Å². The molecule has 1 aliphatic carbocycles. The van der Waals surface area contributed by atoms with Crippen LogP contribution in [0.3, 0.4) is 0 Å². The summed E-state index contributed by atoms with van der Waals surface area (Å²) in [6.07, 6.45) is 3.31. The van der Waals surface area contributed by atoms with Gasteiger partial charge in [0.1, 0.15) is 6.61 Å². The summed E-state index contributed by atoms with van der Waals surface area (Å²) in [5.74, 6) is -0.306.